The summed E-state index contributed by atoms with van der Waals surface area (Å²) in [4.78, 5) is 0. The Morgan fingerprint density at radius 1 is 0.923 bits per heavy atom. The molecule has 4 N–H and O–H groups in total. The van der Waals surface area contributed by atoms with Crippen molar-refractivity contribution < 1.29 is 0 Å². The summed E-state index contributed by atoms with van der Waals surface area (Å²) in [5, 5.41) is 6.91. The third-order valence-electron chi connectivity index (χ3n) is 4.30. The maximum atomic E-state index is 5.64. The quantitative estimate of drug-likeness (QED) is 0.327. The predicted molar refractivity (Wildman–Crippen MR) is 118 cm³/mol. The molecule has 0 amide bonds. The van der Waals surface area contributed by atoms with Crippen LogP contribution in [0.25, 0.3) is 0 Å². The highest BCUT2D eigenvalue weighted by atomic mass is 14.9. The van der Waals surface area contributed by atoms with E-state index < -0.39 is 0 Å². The van der Waals surface area contributed by atoms with E-state index >= 15 is 0 Å². The van der Waals surface area contributed by atoms with Gasteiger partial charge in [0.1, 0.15) is 0 Å². The lowest BCUT2D eigenvalue weighted by molar-refractivity contribution is 0.522. The topological polar surface area (TPSA) is 50.1 Å². The Bertz CT molecular complexity index is 502. The first kappa shape index (κ1) is 23.8. The minimum absolute atomic E-state index is 0.184. The highest BCUT2D eigenvalue weighted by Gasteiger charge is 2.08. The van der Waals surface area contributed by atoms with Crippen molar-refractivity contribution in [1.82, 2.24) is 10.6 Å². The summed E-state index contributed by atoms with van der Waals surface area (Å²) in [5.74, 6) is 0.415. The average molecular weight is 358 g/mol. The van der Waals surface area contributed by atoms with Crippen LogP contribution in [-0.2, 0) is 0 Å². The number of hydrogen-bond donors (Lipinski definition) is 3. The van der Waals surface area contributed by atoms with Crippen LogP contribution in [0.5, 0.6) is 0 Å². The molecule has 0 aromatic heterocycles. The van der Waals surface area contributed by atoms with Gasteiger partial charge in [0, 0.05) is 29.2 Å². The van der Waals surface area contributed by atoms with Crippen LogP contribution < -0.4 is 16.4 Å². The van der Waals surface area contributed by atoms with Gasteiger partial charge in [0.15, 0.2) is 0 Å². The Kier molecular flexibility index (Phi) is 12.9. The van der Waals surface area contributed by atoms with Gasteiger partial charge in [-0.1, -0.05) is 44.0 Å². The third kappa shape index (κ3) is 12.2. The van der Waals surface area contributed by atoms with Crippen molar-refractivity contribution in [2.24, 2.45) is 11.7 Å². The van der Waals surface area contributed by atoms with Crippen LogP contribution in [0.2, 0.25) is 0 Å². The minimum Gasteiger partial charge on any atom is -0.403 e. The summed E-state index contributed by atoms with van der Waals surface area (Å²) in [6.45, 7) is 24.0. The van der Waals surface area contributed by atoms with E-state index in [0.717, 1.165) is 49.9 Å². The Labute approximate surface area is 161 Å². The predicted octanol–water partition coefficient (Wildman–Crippen LogP) is 5.33. The standard InChI is InChI=1S/C23H39N3/c1-8-11-22(9-2)16-15-20(6)25-19(5)13-14-21(7)26-23(10-3)17-12-18(4)24/h8-11,19,22-23,25-26H,2-4,6-7,12-17,24H2,1,5H3/b11-8+/t19?,22-,23+/m0/s1. The number of allylic oxidation sites excluding steroid dienone is 6. The van der Waals surface area contributed by atoms with Gasteiger partial charge in [-0.3, -0.25) is 0 Å². The second kappa shape index (κ2) is 14.1. The first-order valence-electron chi connectivity index (χ1n) is 9.52. The van der Waals surface area contributed by atoms with Crippen LogP contribution in [0.1, 0.15) is 52.4 Å². The monoisotopic (exact) mass is 357 g/mol. The molecule has 3 nitrogen and oxygen atoms in total. The van der Waals surface area contributed by atoms with E-state index in [4.69, 9.17) is 5.73 Å². The molecule has 3 atom stereocenters. The van der Waals surface area contributed by atoms with E-state index in [9.17, 15) is 0 Å². The van der Waals surface area contributed by atoms with Gasteiger partial charge in [-0.25, -0.2) is 0 Å². The Balaban J connectivity index is 4.11. The first-order chi connectivity index (χ1) is 12.3. The van der Waals surface area contributed by atoms with E-state index in [0.29, 0.717) is 17.7 Å². The molecule has 0 aliphatic carbocycles. The van der Waals surface area contributed by atoms with Crippen LogP contribution in [0, 0.1) is 5.92 Å². The average Bonchev–Trinajstić information content (AvgIpc) is 2.60. The van der Waals surface area contributed by atoms with E-state index in [1.165, 1.54) is 0 Å². The molecular formula is C23H39N3. The van der Waals surface area contributed by atoms with Crippen LogP contribution >= 0.6 is 0 Å². The summed E-state index contributed by atoms with van der Waals surface area (Å²) >= 11 is 0. The Hall–Kier alpha value is -2.16. The number of rotatable bonds is 16. The fourth-order valence-corrected chi connectivity index (χ4v) is 2.69. The van der Waals surface area contributed by atoms with Crippen molar-refractivity contribution in [2.45, 2.75) is 64.5 Å². The van der Waals surface area contributed by atoms with Gasteiger partial charge in [-0.15, -0.1) is 13.2 Å². The molecule has 1 unspecified atom stereocenters. The summed E-state index contributed by atoms with van der Waals surface area (Å²) in [6, 6.07) is 0.541. The molecule has 0 aromatic rings. The van der Waals surface area contributed by atoms with E-state index in [2.05, 4.69) is 62.6 Å². The smallest absolute Gasteiger partial charge is 0.0442 e. The highest BCUT2D eigenvalue weighted by Crippen LogP contribution is 2.14. The zero-order valence-electron chi connectivity index (χ0n) is 16.9. The summed E-state index contributed by atoms with van der Waals surface area (Å²) < 4.78 is 0. The van der Waals surface area contributed by atoms with Gasteiger partial charge in [-0.2, -0.15) is 0 Å². The van der Waals surface area contributed by atoms with Gasteiger partial charge in [-0.05, 0) is 58.3 Å². The van der Waals surface area contributed by atoms with Crippen molar-refractivity contribution in [3.05, 3.63) is 74.3 Å². The van der Waals surface area contributed by atoms with E-state index in [1.54, 1.807) is 0 Å². The number of hydrogen-bond acceptors (Lipinski definition) is 3. The lowest BCUT2D eigenvalue weighted by Gasteiger charge is -2.21. The maximum Gasteiger partial charge on any atom is 0.0442 e. The van der Waals surface area contributed by atoms with Crippen molar-refractivity contribution in [3.63, 3.8) is 0 Å². The molecule has 0 aromatic carbocycles. The molecule has 0 saturated carbocycles. The summed E-state index contributed by atoms with van der Waals surface area (Å²) in [7, 11) is 0. The highest BCUT2D eigenvalue weighted by molar-refractivity contribution is 5.03. The molecule has 0 saturated heterocycles. The zero-order valence-corrected chi connectivity index (χ0v) is 16.9. The number of nitrogens with two attached hydrogens (primary N) is 1. The normalized spacial score (nSPS) is 14.2. The second-order valence-corrected chi connectivity index (χ2v) is 6.94. The molecule has 26 heavy (non-hydrogen) atoms. The van der Waals surface area contributed by atoms with Gasteiger partial charge in [0.25, 0.3) is 0 Å². The fourth-order valence-electron chi connectivity index (χ4n) is 2.69. The molecule has 0 bridgehead atoms. The SMILES string of the molecule is C=C[C@H](CCC(=C)N)NC(=C)CCC(C)NC(=C)CC[C@@H](C=C)/C=C/C. The van der Waals surface area contributed by atoms with Gasteiger partial charge >= 0.3 is 0 Å². The molecular weight excluding hydrogens is 318 g/mol. The lowest BCUT2D eigenvalue weighted by Crippen LogP contribution is -2.29. The molecule has 3 heteroatoms. The van der Waals surface area contributed by atoms with Gasteiger partial charge < -0.3 is 16.4 Å². The molecule has 0 heterocycles. The van der Waals surface area contributed by atoms with Crippen LogP contribution in [0.3, 0.4) is 0 Å². The van der Waals surface area contributed by atoms with Crippen molar-refractivity contribution in [2.75, 3.05) is 0 Å². The lowest BCUT2D eigenvalue weighted by atomic mass is 10.0. The molecule has 0 aliphatic rings. The summed E-state index contributed by atoms with van der Waals surface area (Å²) in [6.07, 6.45) is 13.7. The largest absolute Gasteiger partial charge is 0.403 e. The molecule has 0 rings (SSSR count). The third-order valence-corrected chi connectivity index (χ3v) is 4.30. The van der Waals surface area contributed by atoms with Crippen LogP contribution in [-0.4, -0.2) is 12.1 Å². The van der Waals surface area contributed by atoms with Crippen molar-refractivity contribution in [3.8, 4) is 0 Å². The molecule has 0 radical (unpaired) electrons. The first-order valence-corrected chi connectivity index (χ1v) is 9.52. The molecule has 0 spiro atoms. The maximum absolute atomic E-state index is 5.64. The molecule has 146 valence electrons. The number of nitrogens with one attached hydrogen (secondary N) is 2. The summed E-state index contributed by atoms with van der Waals surface area (Å²) in [5.41, 5.74) is 8.44. The minimum atomic E-state index is 0.184. The van der Waals surface area contributed by atoms with Crippen molar-refractivity contribution >= 4 is 0 Å². The van der Waals surface area contributed by atoms with E-state index in [-0.39, 0.29) is 6.04 Å². The Morgan fingerprint density at radius 3 is 2.08 bits per heavy atom. The zero-order chi connectivity index (χ0) is 19.9. The van der Waals surface area contributed by atoms with Gasteiger partial charge in [0.2, 0.25) is 0 Å². The van der Waals surface area contributed by atoms with Gasteiger partial charge in [0.05, 0.1) is 0 Å². The van der Waals surface area contributed by atoms with Crippen molar-refractivity contribution in [1.29, 1.82) is 0 Å². The second-order valence-electron chi connectivity index (χ2n) is 6.94. The Morgan fingerprint density at radius 2 is 1.54 bits per heavy atom. The molecule has 0 aliphatic heterocycles. The molecule has 0 fully saturated rings. The fraction of sp³-hybridized carbons (Fsp3) is 0.478. The van der Waals surface area contributed by atoms with Crippen LogP contribution in [0.15, 0.2) is 74.3 Å². The van der Waals surface area contributed by atoms with Crippen LogP contribution in [0.4, 0.5) is 0 Å². The van der Waals surface area contributed by atoms with E-state index in [1.807, 2.05) is 19.1 Å².